The van der Waals surface area contributed by atoms with Crippen molar-refractivity contribution in [3.63, 3.8) is 0 Å². The molecule has 2 bridgehead atoms. The zero-order chi connectivity index (χ0) is 23.2. The molecule has 2 atom stereocenters. The van der Waals surface area contributed by atoms with Crippen LogP contribution in [0.1, 0.15) is 12.8 Å². The Morgan fingerprint density at radius 2 is 1.91 bits per heavy atom. The fourth-order valence-corrected chi connectivity index (χ4v) is 5.11. The zero-order valence-electron chi connectivity index (χ0n) is 18.5. The molecule has 0 radical (unpaired) electrons. The third kappa shape index (κ3) is 3.70. The van der Waals surface area contributed by atoms with Gasteiger partial charge in [0.05, 0.1) is 35.5 Å². The molecule has 2 amide bonds. The Kier molecular flexibility index (Phi) is 5.04. The number of amides is 2. The van der Waals surface area contributed by atoms with Gasteiger partial charge in [-0.1, -0.05) is 12.1 Å². The fraction of sp³-hybridized carbons (Fsp3) is 0.320. The van der Waals surface area contributed by atoms with Crippen LogP contribution in [-0.4, -0.2) is 54.4 Å². The maximum absolute atomic E-state index is 13.7. The van der Waals surface area contributed by atoms with Gasteiger partial charge in [0.2, 0.25) is 0 Å². The molecule has 0 aliphatic carbocycles. The molecular formula is C25H24F2N6O. The molecule has 5 heterocycles. The van der Waals surface area contributed by atoms with Gasteiger partial charge in [-0.15, -0.1) is 0 Å². The molecule has 1 N–H and O–H groups in total. The number of benzene rings is 1. The van der Waals surface area contributed by atoms with Gasteiger partial charge in [-0.05, 0) is 37.1 Å². The van der Waals surface area contributed by atoms with Gasteiger partial charge in [0.25, 0.3) is 0 Å². The summed E-state index contributed by atoms with van der Waals surface area (Å²) in [5, 5.41) is 2.77. The molecule has 0 spiro atoms. The van der Waals surface area contributed by atoms with Crippen molar-refractivity contribution < 1.29 is 13.6 Å². The van der Waals surface area contributed by atoms with E-state index in [-0.39, 0.29) is 12.1 Å². The number of anilines is 4. The van der Waals surface area contributed by atoms with Gasteiger partial charge < -0.3 is 15.1 Å². The fourth-order valence-electron chi connectivity index (χ4n) is 5.11. The number of pyridine rings is 2. The van der Waals surface area contributed by atoms with E-state index in [2.05, 4.69) is 15.2 Å². The average Bonchev–Trinajstić information content (AvgIpc) is 3.46. The van der Waals surface area contributed by atoms with E-state index < -0.39 is 12.0 Å². The Morgan fingerprint density at radius 3 is 2.74 bits per heavy atom. The van der Waals surface area contributed by atoms with Crippen LogP contribution < -0.4 is 20.0 Å². The van der Waals surface area contributed by atoms with Gasteiger partial charge in [-0.3, -0.25) is 9.88 Å². The van der Waals surface area contributed by atoms with Crippen molar-refractivity contribution in [2.24, 2.45) is 0 Å². The highest BCUT2D eigenvalue weighted by Crippen LogP contribution is 2.40. The first-order chi connectivity index (χ1) is 16.5. The molecule has 3 aromatic rings. The van der Waals surface area contributed by atoms with Gasteiger partial charge in [-0.25, -0.2) is 18.6 Å². The van der Waals surface area contributed by atoms with Crippen LogP contribution >= 0.6 is 0 Å². The van der Waals surface area contributed by atoms with E-state index in [0.717, 1.165) is 48.3 Å². The number of alkyl halides is 1. The number of urea groups is 1. The number of nitrogens with one attached hydrogen (secondary N) is 1. The van der Waals surface area contributed by atoms with Crippen molar-refractivity contribution >= 4 is 28.9 Å². The van der Waals surface area contributed by atoms with Crippen molar-refractivity contribution in [2.75, 3.05) is 46.2 Å². The van der Waals surface area contributed by atoms with E-state index in [0.29, 0.717) is 31.0 Å². The number of hydrogen-bond donors (Lipinski definition) is 1. The molecule has 174 valence electrons. The minimum atomic E-state index is -0.796. The first-order valence-electron chi connectivity index (χ1n) is 11.5. The smallest absolute Gasteiger partial charge is 0.327 e. The van der Waals surface area contributed by atoms with E-state index in [9.17, 15) is 13.6 Å². The molecule has 2 fully saturated rings. The monoisotopic (exact) mass is 462 g/mol. The predicted molar refractivity (Wildman–Crippen MR) is 128 cm³/mol. The summed E-state index contributed by atoms with van der Waals surface area (Å²) >= 11 is 0. The van der Waals surface area contributed by atoms with Gasteiger partial charge in [-0.2, -0.15) is 0 Å². The Bertz CT molecular complexity index is 1250. The normalized spacial score (nSPS) is 21.1. The highest BCUT2D eigenvalue weighted by atomic mass is 19.1. The van der Waals surface area contributed by atoms with E-state index in [1.165, 1.54) is 12.3 Å². The second kappa shape index (κ2) is 8.23. The quantitative estimate of drug-likeness (QED) is 0.623. The molecule has 3 aliphatic rings. The lowest BCUT2D eigenvalue weighted by Gasteiger charge is -2.36. The number of carbonyl (C=O) groups excluding carboxylic acids is 1. The van der Waals surface area contributed by atoms with Crippen LogP contribution in [-0.2, 0) is 0 Å². The topological polar surface area (TPSA) is 64.6 Å². The zero-order valence-corrected chi connectivity index (χ0v) is 18.5. The van der Waals surface area contributed by atoms with E-state index in [1.54, 1.807) is 4.90 Å². The molecule has 7 nitrogen and oxygen atoms in total. The maximum Gasteiger partial charge on any atom is 0.327 e. The summed E-state index contributed by atoms with van der Waals surface area (Å²) < 4.78 is 27.3. The van der Waals surface area contributed by atoms with Crippen molar-refractivity contribution in [3.8, 4) is 11.3 Å². The van der Waals surface area contributed by atoms with E-state index >= 15 is 0 Å². The number of rotatable bonds is 3. The third-order valence-corrected chi connectivity index (χ3v) is 6.76. The Hall–Kier alpha value is -3.75. The van der Waals surface area contributed by atoms with Gasteiger partial charge in [0.15, 0.2) is 5.82 Å². The molecule has 6 rings (SSSR count). The van der Waals surface area contributed by atoms with Gasteiger partial charge >= 0.3 is 6.03 Å². The molecule has 0 saturated carbocycles. The lowest BCUT2D eigenvalue weighted by Crippen LogP contribution is -2.48. The summed E-state index contributed by atoms with van der Waals surface area (Å²) in [6, 6.07) is 12.8. The number of nitrogens with zero attached hydrogens (tertiary/aromatic N) is 5. The Balaban J connectivity index is 1.34. The molecule has 1 aromatic carbocycles. The van der Waals surface area contributed by atoms with Crippen LogP contribution in [0.5, 0.6) is 0 Å². The summed E-state index contributed by atoms with van der Waals surface area (Å²) in [6.45, 7) is 2.68. The maximum atomic E-state index is 13.7. The summed E-state index contributed by atoms with van der Waals surface area (Å²) in [5.74, 6) is 0.0739. The minimum Gasteiger partial charge on any atom is -0.368 e. The molecule has 9 heteroatoms. The van der Waals surface area contributed by atoms with Crippen molar-refractivity contribution in [2.45, 2.75) is 25.1 Å². The second-order valence-corrected chi connectivity index (χ2v) is 9.00. The van der Waals surface area contributed by atoms with E-state index in [1.807, 2.05) is 41.3 Å². The van der Waals surface area contributed by atoms with Crippen LogP contribution in [0, 0.1) is 5.82 Å². The number of fused-ring (bicyclic) bond motifs is 4. The van der Waals surface area contributed by atoms with Crippen molar-refractivity contribution in [1.82, 2.24) is 9.97 Å². The summed E-state index contributed by atoms with van der Waals surface area (Å²) in [7, 11) is 0. The average molecular weight is 463 g/mol. The van der Waals surface area contributed by atoms with Crippen LogP contribution in [0.2, 0.25) is 0 Å². The molecule has 2 saturated heterocycles. The minimum absolute atomic E-state index is 0.0193. The molecular weight excluding hydrogens is 438 g/mol. The highest BCUT2D eigenvalue weighted by Gasteiger charge is 2.40. The van der Waals surface area contributed by atoms with E-state index in [4.69, 9.17) is 4.98 Å². The van der Waals surface area contributed by atoms with Crippen LogP contribution in [0.25, 0.3) is 11.3 Å². The van der Waals surface area contributed by atoms with Crippen molar-refractivity contribution in [3.05, 3.63) is 60.7 Å². The largest absolute Gasteiger partial charge is 0.368 e. The SMILES string of the molecule is O=C(Nc1cncc(F)c1)N1c2nc(-c3cccc(N4CC[C@@H](F)C4)c3)ccc2N2CC[C@H]1C2. The Labute approximate surface area is 196 Å². The second-order valence-electron chi connectivity index (χ2n) is 9.00. The summed E-state index contributed by atoms with van der Waals surface area (Å²) in [5.41, 5.74) is 3.82. The predicted octanol–water partition coefficient (Wildman–Crippen LogP) is 4.46. The number of aromatic nitrogens is 2. The van der Waals surface area contributed by atoms with Gasteiger partial charge in [0, 0.05) is 43.5 Å². The lowest BCUT2D eigenvalue weighted by atomic mass is 10.1. The van der Waals surface area contributed by atoms with Crippen LogP contribution in [0.4, 0.5) is 36.5 Å². The third-order valence-electron chi connectivity index (χ3n) is 6.76. The van der Waals surface area contributed by atoms with Crippen LogP contribution in [0.15, 0.2) is 54.9 Å². The first kappa shape index (κ1) is 20.8. The Morgan fingerprint density at radius 1 is 1.03 bits per heavy atom. The summed E-state index contributed by atoms with van der Waals surface area (Å²) in [6.07, 6.45) is 3.09. The standard InChI is InChI=1S/C25H24F2N6O/c26-17-6-8-31(14-17)20-3-1-2-16(10-20)22-4-5-23-24(30-22)33(21-7-9-32(23)15-21)25(34)29-19-11-18(27)12-28-13-19/h1-5,10-13,17,21H,6-9,14-15H2,(H,29,34)/t17-,21+/m1/s1. The molecule has 3 aliphatic heterocycles. The highest BCUT2D eigenvalue weighted by molar-refractivity contribution is 6.04. The number of hydrogen-bond acceptors (Lipinski definition) is 5. The van der Waals surface area contributed by atoms with Gasteiger partial charge in [0.1, 0.15) is 12.0 Å². The molecule has 0 unspecified atom stereocenters. The number of carbonyl (C=O) groups is 1. The van der Waals surface area contributed by atoms with Crippen LogP contribution in [0.3, 0.4) is 0 Å². The summed E-state index contributed by atoms with van der Waals surface area (Å²) in [4.78, 5) is 28.0. The number of halogens is 2. The lowest BCUT2D eigenvalue weighted by molar-refractivity contribution is 0.255. The molecule has 34 heavy (non-hydrogen) atoms. The molecule has 2 aromatic heterocycles. The van der Waals surface area contributed by atoms with Crippen molar-refractivity contribution in [1.29, 1.82) is 0 Å². The first-order valence-corrected chi connectivity index (χ1v) is 11.5.